The molecule has 0 unspecified atom stereocenters. The Morgan fingerprint density at radius 3 is 2.24 bits per heavy atom. The molecule has 2 aromatic heterocycles. The fraction of sp³-hybridized carbons (Fsp3) is 0.259. The number of hydrogen-bond acceptors (Lipinski definition) is 7. The summed E-state index contributed by atoms with van der Waals surface area (Å²) in [6.45, 7) is 2.50. The molecule has 0 saturated carbocycles. The molecule has 214 valence electrons. The molecule has 1 N–H and O–H groups in total. The second kappa shape index (κ2) is 11.0. The van der Waals surface area contributed by atoms with Crippen molar-refractivity contribution in [3.8, 4) is 11.4 Å². The van der Waals surface area contributed by atoms with E-state index >= 15 is 0 Å². The first-order valence-electron chi connectivity index (χ1n) is 12.4. The van der Waals surface area contributed by atoms with Gasteiger partial charge in [0.25, 0.3) is 0 Å². The monoisotopic (exact) mass is 593 g/mol. The van der Waals surface area contributed by atoms with Crippen molar-refractivity contribution in [2.75, 3.05) is 34.8 Å². The van der Waals surface area contributed by atoms with Crippen LogP contribution in [-0.4, -0.2) is 45.6 Å². The van der Waals surface area contributed by atoms with Crippen LogP contribution < -0.4 is 15.1 Å². The molecule has 3 heterocycles. The van der Waals surface area contributed by atoms with Crippen LogP contribution in [0.25, 0.3) is 11.4 Å². The summed E-state index contributed by atoms with van der Waals surface area (Å²) in [5.41, 5.74) is -0.801. The van der Waals surface area contributed by atoms with Gasteiger partial charge in [0.05, 0.1) is 16.1 Å². The molecule has 1 saturated heterocycles. The molecule has 5 rings (SSSR count). The Hall–Kier alpha value is -4.13. The topological polar surface area (TPSA) is 70.1 Å². The lowest BCUT2D eigenvalue weighted by molar-refractivity contribution is -0.138. The van der Waals surface area contributed by atoms with Crippen molar-refractivity contribution in [1.82, 2.24) is 19.9 Å². The standard InChI is InChI=1S/C27H22ClF6N7/c1-16-15-40(23-20(27(32,33)34)6-4-12-35-23)13-14-41(16)25-38-22(19-5-2-3-7-21(19)28)37-24(39-25)36-18-10-8-17(9-11-18)26(29,30)31/h2-12,16H,13-15H2,1H3,(H,36,37,38,39)/t16-/m0/s1. The van der Waals surface area contributed by atoms with E-state index in [9.17, 15) is 26.3 Å². The summed E-state index contributed by atoms with van der Waals surface area (Å²) >= 11 is 6.39. The summed E-state index contributed by atoms with van der Waals surface area (Å²) in [6.07, 6.45) is -7.71. The highest BCUT2D eigenvalue weighted by molar-refractivity contribution is 6.33. The van der Waals surface area contributed by atoms with Crippen molar-refractivity contribution in [2.45, 2.75) is 25.3 Å². The van der Waals surface area contributed by atoms with Crippen LogP contribution in [-0.2, 0) is 12.4 Å². The quantitative estimate of drug-likeness (QED) is 0.248. The van der Waals surface area contributed by atoms with Gasteiger partial charge in [0.2, 0.25) is 11.9 Å². The highest BCUT2D eigenvalue weighted by atomic mass is 35.5. The summed E-state index contributed by atoms with van der Waals surface area (Å²) in [5.74, 6) is 0.356. The van der Waals surface area contributed by atoms with Crippen LogP contribution in [0.2, 0.25) is 5.02 Å². The van der Waals surface area contributed by atoms with Gasteiger partial charge in [-0.05, 0) is 55.5 Å². The smallest absolute Gasteiger partial charge is 0.352 e. The lowest BCUT2D eigenvalue weighted by atomic mass is 10.1. The molecule has 0 radical (unpaired) electrons. The van der Waals surface area contributed by atoms with Crippen LogP contribution in [0.4, 0.5) is 49.7 Å². The van der Waals surface area contributed by atoms with Gasteiger partial charge in [-0.3, -0.25) is 0 Å². The number of halogens is 7. The highest BCUT2D eigenvalue weighted by Crippen LogP contribution is 2.36. The summed E-state index contributed by atoms with van der Waals surface area (Å²) in [5, 5.41) is 3.29. The van der Waals surface area contributed by atoms with Crippen LogP contribution in [0.5, 0.6) is 0 Å². The van der Waals surface area contributed by atoms with Gasteiger partial charge in [-0.15, -0.1) is 0 Å². The molecule has 0 aliphatic carbocycles. The van der Waals surface area contributed by atoms with E-state index in [1.165, 1.54) is 24.4 Å². The molecule has 2 aromatic carbocycles. The Morgan fingerprint density at radius 1 is 0.854 bits per heavy atom. The first-order valence-corrected chi connectivity index (χ1v) is 12.8. The van der Waals surface area contributed by atoms with Crippen molar-refractivity contribution in [1.29, 1.82) is 0 Å². The molecule has 0 bridgehead atoms. The van der Waals surface area contributed by atoms with Crippen molar-refractivity contribution < 1.29 is 26.3 Å². The number of rotatable bonds is 5. The molecule has 1 aliphatic heterocycles. The van der Waals surface area contributed by atoms with E-state index in [0.29, 0.717) is 16.3 Å². The zero-order chi connectivity index (χ0) is 29.4. The van der Waals surface area contributed by atoms with E-state index < -0.39 is 23.5 Å². The van der Waals surface area contributed by atoms with Gasteiger partial charge >= 0.3 is 12.4 Å². The van der Waals surface area contributed by atoms with E-state index in [-0.39, 0.29) is 49.2 Å². The minimum Gasteiger partial charge on any atom is -0.352 e. The first kappa shape index (κ1) is 28.4. The summed E-state index contributed by atoms with van der Waals surface area (Å²) in [6, 6.07) is 13.2. The predicted molar refractivity (Wildman–Crippen MR) is 143 cm³/mol. The third-order valence-electron chi connectivity index (χ3n) is 6.48. The third kappa shape index (κ3) is 6.29. The number of benzene rings is 2. The third-order valence-corrected chi connectivity index (χ3v) is 6.81. The molecule has 0 amide bonds. The molecular weight excluding hydrogens is 572 g/mol. The Labute approximate surface area is 235 Å². The van der Waals surface area contributed by atoms with E-state index in [1.54, 1.807) is 29.2 Å². The molecule has 41 heavy (non-hydrogen) atoms. The number of piperazine rings is 1. The van der Waals surface area contributed by atoms with Crippen LogP contribution >= 0.6 is 11.6 Å². The Kier molecular flexibility index (Phi) is 7.64. The van der Waals surface area contributed by atoms with Gasteiger partial charge in [0, 0.05) is 43.1 Å². The van der Waals surface area contributed by atoms with Crippen molar-refractivity contribution in [2.24, 2.45) is 0 Å². The molecule has 0 spiro atoms. The minimum absolute atomic E-state index is 0.0587. The van der Waals surface area contributed by atoms with Crippen molar-refractivity contribution in [3.05, 3.63) is 83.0 Å². The number of pyridine rings is 1. The van der Waals surface area contributed by atoms with Gasteiger partial charge in [0.15, 0.2) is 5.82 Å². The van der Waals surface area contributed by atoms with E-state index in [1.807, 2.05) is 11.8 Å². The number of aromatic nitrogens is 4. The molecule has 1 atom stereocenters. The van der Waals surface area contributed by atoms with Gasteiger partial charge < -0.3 is 15.1 Å². The maximum absolute atomic E-state index is 13.6. The molecule has 14 heteroatoms. The number of nitrogens with zero attached hydrogens (tertiary/aromatic N) is 6. The maximum atomic E-state index is 13.6. The average molecular weight is 594 g/mol. The fourth-order valence-electron chi connectivity index (χ4n) is 4.50. The highest BCUT2D eigenvalue weighted by Gasteiger charge is 2.37. The van der Waals surface area contributed by atoms with Gasteiger partial charge in [-0.25, -0.2) is 4.98 Å². The van der Waals surface area contributed by atoms with Crippen LogP contribution in [0.3, 0.4) is 0 Å². The zero-order valence-electron chi connectivity index (χ0n) is 21.4. The molecule has 7 nitrogen and oxygen atoms in total. The number of alkyl halides is 6. The number of anilines is 4. The van der Waals surface area contributed by atoms with E-state index in [4.69, 9.17) is 11.6 Å². The van der Waals surface area contributed by atoms with Crippen molar-refractivity contribution >= 4 is 35.0 Å². The lowest BCUT2D eigenvalue weighted by Crippen LogP contribution is -2.53. The minimum atomic E-state index is -4.55. The van der Waals surface area contributed by atoms with E-state index in [0.717, 1.165) is 18.2 Å². The second-order valence-electron chi connectivity index (χ2n) is 9.32. The summed E-state index contributed by atoms with van der Waals surface area (Å²) in [4.78, 5) is 20.9. The summed E-state index contributed by atoms with van der Waals surface area (Å²) in [7, 11) is 0. The molecule has 1 aliphatic rings. The number of hydrogen-bond donors (Lipinski definition) is 1. The Balaban J connectivity index is 1.46. The van der Waals surface area contributed by atoms with Crippen LogP contribution in [0.15, 0.2) is 66.9 Å². The first-order chi connectivity index (χ1) is 19.4. The Bertz CT molecular complexity index is 1530. The fourth-order valence-corrected chi connectivity index (χ4v) is 4.72. The van der Waals surface area contributed by atoms with Crippen LogP contribution in [0.1, 0.15) is 18.1 Å². The maximum Gasteiger partial charge on any atom is 0.419 e. The average Bonchev–Trinajstić information content (AvgIpc) is 2.92. The SMILES string of the molecule is C[C@H]1CN(c2ncccc2C(F)(F)F)CCN1c1nc(Nc2ccc(C(F)(F)F)cc2)nc(-c2ccccc2Cl)n1. The summed E-state index contributed by atoms with van der Waals surface area (Å²) < 4.78 is 79.8. The normalized spacial score (nSPS) is 16.1. The van der Waals surface area contributed by atoms with E-state index in [2.05, 4.69) is 25.3 Å². The largest absolute Gasteiger partial charge is 0.419 e. The molecule has 4 aromatic rings. The van der Waals surface area contributed by atoms with Crippen LogP contribution in [0, 0.1) is 0 Å². The van der Waals surface area contributed by atoms with Gasteiger partial charge in [0.1, 0.15) is 5.82 Å². The zero-order valence-corrected chi connectivity index (χ0v) is 22.1. The Morgan fingerprint density at radius 2 is 1.59 bits per heavy atom. The van der Waals surface area contributed by atoms with Gasteiger partial charge in [-0.1, -0.05) is 23.7 Å². The molecular formula is C27H22ClF6N7. The lowest BCUT2D eigenvalue weighted by Gasteiger charge is -2.41. The molecule has 1 fully saturated rings. The number of nitrogens with one attached hydrogen (secondary N) is 1. The second-order valence-corrected chi connectivity index (χ2v) is 9.73. The predicted octanol–water partition coefficient (Wildman–Crippen LogP) is 7.08. The van der Waals surface area contributed by atoms with Gasteiger partial charge in [-0.2, -0.15) is 41.3 Å². The van der Waals surface area contributed by atoms with Crippen molar-refractivity contribution in [3.63, 3.8) is 0 Å².